The predicted octanol–water partition coefficient (Wildman–Crippen LogP) is -0.282. The molecule has 1 aromatic heterocycles. The number of carbonyl (C=O) groups excluding carboxylic acids is 1. The summed E-state index contributed by atoms with van der Waals surface area (Å²) in [5.74, 6) is -0.606. The second-order valence-electron chi connectivity index (χ2n) is 9.08. The average Bonchev–Trinajstić information content (AvgIpc) is 2.72. The van der Waals surface area contributed by atoms with Crippen LogP contribution in [0.1, 0.15) is 24.5 Å². The number of rotatable bonds is 5. The van der Waals surface area contributed by atoms with Gasteiger partial charge in [0.05, 0.1) is 22.6 Å². The molecule has 1 aromatic carbocycles. The van der Waals surface area contributed by atoms with Crippen molar-refractivity contribution < 1.29 is 13.2 Å². The molecule has 4 N–H and O–H groups in total. The first kappa shape index (κ1) is 21.7. The summed E-state index contributed by atoms with van der Waals surface area (Å²) in [6.07, 6.45) is 2.66. The van der Waals surface area contributed by atoms with Crippen LogP contribution in [0.15, 0.2) is 36.4 Å². The maximum atomic E-state index is 13.3. The van der Waals surface area contributed by atoms with Crippen molar-refractivity contribution in [3.8, 4) is 0 Å². The molecule has 0 spiro atoms. The number of carbonyl (C=O) groups is 1. The number of benzene rings is 1. The van der Waals surface area contributed by atoms with Gasteiger partial charge in [-0.15, -0.1) is 0 Å². The Morgan fingerprint density at radius 1 is 1.16 bits per heavy atom. The molecular weight excluding hydrogens is 428 g/mol. The number of amides is 1. The Balaban J connectivity index is 1.39. The van der Waals surface area contributed by atoms with Crippen LogP contribution >= 0.6 is 0 Å². The van der Waals surface area contributed by atoms with Crippen molar-refractivity contribution in [2.75, 3.05) is 32.4 Å². The van der Waals surface area contributed by atoms with Crippen molar-refractivity contribution in [1.82, 2.24) is 31.2 Å². The first-order valence-corrected chi connectivity index (χ1v) is 13.2. The van der Waals surface area contributed by atoms with Crippen LogP contribution in [-0.4, -0.2) is 80.4 Å². The topological polar surface area (TPSA) is 115 Å². The molecule has 3 unspecified atom stereocenters. The molecule has 4 heterocycles. The molecule has 0 radical (unpaired) electrons. The van der Waals surface area contributed by atoms with Crippen molar-refractivity contribution in [2.45, 2.75) is 42.5 Å². The summed E-state index contributed by atoms with van der Waals surface area (Å²) in [6, 6.07) is 12.0. The van der Waals surface area contributed by atoms with E-state index in [0.717, 1.165) is 36.8 Å². The van der Waals surface area contributed by atoms with Gasteiger partial charge in [-0.25, -0.2) is 8.42 Å². The Kier molecular flexibility index (Phi) is 5.89. The third kappa shape index (κ3) is 4.38. The minimum Gasteiger partial charge on any atom is -0.327 e. The average molecular weight is 459 g/mol. The van der Waals surface area contributed by atoms with Gasteiger partial charge in [-0.2, -0.15) is 0 Å². The maximum Gasteiger partial charge on any atom is 0.234 e. The second-order valence-corrected chi connectivity index (χ2v) is 11.4. The monoisotopic (exact) mass is 458 g/mol. The molecule has 5 rings (SSSR count). The Bertz CT molecular complexity index is 1100. The van der Waals surface area contributed by atoms with Crippen molar-refractivity contribution in [3.05, 3.63) is 42.1 Å². The van der Waals surface area contributed by atoms with E-state index >= 15 is 0 Å². The molecule has 0 aliphatic carbocycles. The highest BCUT2D eigenvalue weighted by Crippen LogP contribution is 2.26. The van der Waals surface area contributed by atoms with Crippen LogP contribution in [0.5, 0.6) is 0 Å². The van der Waals surface area contributed by atoms with Crippen molar-refractivity contribution in [2.24, 2.45) is 0 Å². The minimum atomic E-state index is -3.08. The lowest BCUT2D eigenvalue weighted by atomic mass is 9.95. The maximum absolute atomic E-state index is 13.3. The smallest absolute Gasteiger partial charge is 0.234 e. The number of pyridine rings is 1. The highest BCUT2D eigenvalue weighted by Gasteiger charge is 2.45. The highest BCUT2D eigenvalue weighted by atomic mass is 32.2. The summed E-state index contributed by atoms with van der Waals surface area (Å²) in [5.41, 5.74) is 1.57. The van der Waals surface area contributed by atoms with Crippen LogP contribution in [0, 0.1) is 0 Å². The Labute approximate surface area is 188 Å². The van der Waals surface area contributed by atoms with Gasteiger partial charge < -0.3 is 10.6 Å². The standard InChI is InChI=1S/C22H30N6O3S/c1-32(30,31)16-12-28(13-16)22-26-20(24-15-6-4-10-23-11-15)19(21(29)27-22)18-9-8-14-5-2-3-7-17(14)25-18/h2-3,5,7-9,15-16,19-20,22-24,26H,4,6,10-13H2,1H3,(H,27,29)/t15-,19?,20?,22?/m1/s1. The van der Waals surface area contributed by atoms with Gasteiger partial charge in [0.2, 0.25) is 5.91 Å². The molecule has 3 fully saturated rings. The Morgan fingerprint density at radius 2 is 1.97 bits per heavy atom. The third-order valence-electron chi connectivity index (χ3n) is 6.73. The van der Waals surface area contributed by atoms with E-state index in [-0.39, 0.29) is 23.4 Å². The molecule has 32 heavy (non-hydrogen) atoms. The first-order chi connectivity index (χ1) is 15.4. The molecule has 1 amide bonds. The number of piperidine rings is 1. The van der Waals surface area contributed by atoms with Gasteiger partial charge in [-0.3, -0.25) is 25.3 Å². The molecule has 2 aromatic rings. The van der Waals surface area contributed by atoms with Crippen molar-refractivity contribution >= 4 is 26.6 Å². The molecule has 0 bridgehead atoms. The van der Waals surface area contributed by atoms with E-state index in [1.165, 1.54) is 6.26 Å². The molecule has 3 aliphatic rings. The minimum absolute atomic E-state index is 0.111. The summed E-state index contributed by atoms with van der Waals surface area (Å²) in [6.45, 7) is 2.68. The quantitative estimate of drug-likeness (QED) is 0.484. The number of hydrogen-bond donors (Lipinski definition) is 4. The second kappa shape index (κ2) is 8.68. The fraction of sp³-hybridized carbons (Fsp3) is 0.545. The van der Waals surface area contributed by atoms with Gasteiger partial charge in [0, 0.05) is 37.3 Å². The van der Waals surface area contributed by atoms with Crippen LogP contribution in [0.3, 0.4) is 0 Å². The molecule has 0 saturated carbocycles. The number of fused-ring (bicyclic) bond motifs is 1. The van der Waals surface area contributed by atoms with Crippen LogP contribution in [-0.2, 0) is 14.6 Å². The van der Waals surface area contributed by atoms with Crippen LogP contribution in [0.2, 0.25) is 0 Å². The van der Waals surface area contributed by atoms with Crippen LogP contribution in [0.4, 0.5) is 0 Å². The van der Waals surface area contributed by atoms with Gasteiger partial charge in [0.25, 0.3) is 0 Å². The third-order valence-corrected chi connectivity index (χ3v) is 8.24. The van der Waals surface area contributed by atoms with E-state index in [1.807, 2.05) is 41.3 Å². The number of aromatic nitrogens is 1. The summed E-state index contributed by atoms with van der Waals surface area (Å²) in [7, 11) is -3.08. The number of nitrogens with one attached hydrogen (secondary N) is 4. The van der Waals surface area contributed by atoms with Gasteiger partial charge in [0.1, 0.15) is 12.2 Å². The van der Waals surface area contributed by atoms with E-state index in [4.69, 9.17) is 4.98 Å². The zero-order valence-electron chi connectivity index (χ0n) is 18.1. The van der Waals surface area contributed by atoms with E-state index in [1.54, 1.807) is 0 Å². The lowest BCUT2D eigenvalue weighted by Gasteiger charge is -2.48. The van der Waals surface area contributed by atoms with Gasteiger partial charge in [0.15, 0.2) is 9.84 Å². The van der Waals surface area contributed by atoms with Gasteiger partial charge in [-0.05, 0) is 31.5 Å². The lowest BCUT2D eigenvalue weighted by Crippen LogP contribution is -2.74. The number of para-hydroxylation sites is 1. The lowest BCUT2D eigenvalue weighted by molar-refractivity contribution is -0.130. The molecular formula is C22H30N6O3S. The Hall–Kier alpha value is -2.11. The highest BCUT2D eigenvalue weighted by molar-refractivity contribution is 7.91. The van der Waals surface area contributed by atoms with Crippen molar-refractivity contribution in [1.29, 1.82) is 0 Å². The van der Waals surface area contributed by atoms with Gasteiger partial charge >= 0.3 is 0 Å². The number of nitrogens with zero attached hydrogens (tertiary/aromatic N) is 2. The normalized spacial score (nSPS) is 30.1. The number of sulfone groups is 1. The SMILES string of the molecule is CS(=O)(=O)C1CN(C2NC(=O)C(c3ccc4ccccc4n3)C(N[C@@H]3CCCNC3)N2)C1. The van der Waals surface area contributed by atoms with E-state index in [2.05, 4.69) is 21.3 Å². The number of hydrogen-bond acceptors (Lipinski definition) is 8. The van der Waals surface area contributed by atoms with E-state index in [9.17, 15) is 13.2 Å². The summed E-state index contributed by atoms with van der Waals surface area (Å²) < 4.78 is 23.6. The predicted molar refractivity (Wildman–Crippen MR) is 123 cm³/mol. The zero-order chi connectivity index (χ0) is 22.3. The molecule has 10 heteroatoms. The molecule has 4 atom stereocenters. The summed E-state index contributed by atoms with van der Waals surface area (Å²) in [5, 5.41) is 14.3. The first-order valence-electron chi connectivity index (χ1n) is 11.2. The fourth-order valence-corrected chi connectivity index (χ4v) is 5.71. The summed E-state index contributed by atoms with van der Waals surface area (Å²) in [4.78, 5) is 20.1. The van der Waals surface area contributed by atoms with Crippen molar-refractivity contribution in [3.63, 3.8) is 0 Å². The fourth-order valence-electron chi connectivity index (χ4n) is 4.78. The molecule has 3 saturated heterocycles. The molecule has 3 aliphatic heterocycles. The largest absolute Gasteiger partial charge is 0.327 e. The zero-order valence-corrected chi connectivity index (χ0v) is 18.9. The molecule has 172 valence electrons. The van der Waals surface area contributed by atoms with Gasteiger partial charge in [-0.1, -0.05) is 24.3 Å². The van der Waals surface area contributed by atoms with E-state index < -0.39 is 22.0 Å². The Morgan fingerprint density at radius 3 is 2.72 bits per heavy atom. The molecule has 9 nitrogen and oxygen atoms in total. The number of likely N-dealkylation sites (tertiary alicyclic amines) is 1. The van der Waals surface area contributed by atoms with Crippen LogP contribution < -0.4 is 21.3 Å². The summed E-state index contributed by atoms with van der Waals surface area (Å²) >= 11 is 0. The van der Waals surface area contributed by atoms with E-state index in [0.29, 0.717) is 18.8 Å². The van der Waals surface area contributed by atoms with Crippen LogP contribution in [0.25, 0.3) is 10.9 Å².